The molecule has 160 valence electrons. The monoisotopic (exact) mass is 442 g/mol. The van der Waals surface area contributed by atoms with Gasteiger partial charge in [0.15, 0.2) is 0 Å². The van der Waals surface area contributed by atoms with Crippen LogP contribution < -0.4 is 39.4 Å². The van der Waals surface area contributed by atoms with Crippen molar-refractivity contribution in [3.8, 4) is 17.2 Å². The topological polar surface area (TPSA) is 86.7 Å². The summed E-state index contributed by atoms with van der Waals surface area (Å²) in [4.78, 5) is -0.270. The SMILES string of the molecule is CCCCCCCCCCCc1cccc(Oc2cccc(S(=O)(=O)O)c2)c1[O-].[Na+]. The number of hydrogen-bond donors (Lipinski definition) is 1. The van der Waals surface area contributed by atoms with Crippen LogP contribution in [0.1, 0.15) is 70.3 Å². The zero-order valence-corrected chi connectivity index (χ0v) is 20.9. The molecule has 0 fully saturated rings. The summed E-state index contributed by atoms with van der Waals surface area (Å²) in [5.41, 5.74) is 0.705. The number of rotatable bonds is 13. The van der Waals surface area contributed by atoms with Gasteiger partial charge in [0, 0.05) is 6.07 Å². The molecule has 2 rings (SSSR count). The Balaban J connectivity index is 0.00000450. The van der Waals surface area contributed by atoms with E-state index in [9.17, 15) is 13.5 Å². The van der Waals surface area contributed by atoms with Crippen molar-refractivity contribution in [3.63, 3.8) is 0 Å². The molecular formula is C23H31NaO5S. The molecule has 1 N–H and O–H groups in total. The normalized spacial score (nSPS) is 11.1. The molecule has 0 aliphatic heterocycles. The first-order valence-electron chi connectivity index (χ1n) is 10.5. The second kappa shape index (κ2) is 14.1. The third-order valence-electron chi connectivity index (χ3n) is 4.94. The number of benzene rings is 2. The summed E-state index contributed by atoms with van der Waals surface area (Å²) < 4.78 is 37.2. The summed E-state index contributed by atoms with van der Waals surface area (Å²) in [7, 11) is -4.32. The minimum Gasteiger partial charge on any atom is -0.870 e. The Hall–Kier alpha value is -1.05. The number of hydrogen-bond acceptors (Lipinski definition) is 4. The molecule has 5 nitrogen and oxygen atoms in total. The van der Waals surface area contributed by atoms with Crippen molar-refractivity contribution < 1.29 is 52.4 Å². The number of aryl methyl sites for hydroxylation is 1. The van der Waals surface area contributed by atoms with Crippen molar-refractivity contribution in [1.29, 1.82) is 0 Å². The Labute approximate surface area is 202 Å². The Morgan fingerprint density at radius 2 is 1.50 bits per heavy atom. The molecule has 0 saturated carbocycles. The first-order chi connectivity index (χ1) is 13.9. The molecule has 0 unspecified atom stereocenters. The van der Waals surface area contributed by atoms with Gasteiger partial charge in [-0.3, -0.25) is 4.55 Å². The Morgan fingerprint density at radius 3 is 2.13 bits per heavy atom. The summed E-state index contributed by atoms with van der Waals surface area (Å²) in [6.07, 6.45) is 11.8. The minimum absolute atomic E-state index is 0. The van der Waals surface area contributed by atoms with Gasteiger partial charge in [-0.15, -0.1) is 0 Å². The molecule has 0 amide bonds. The van der Waals surface area contributed by atoms with E-state index in [0.29, 0.717) is 12.0 Å². The van der Waals surface area contributed by atoms with E-state index >= 15 is 0 Å². The number of unbranched alkanes of at least 4 members (excludes halogenated alkanes) is 8. The largest absolute Gasteiger partial charge is 1.00 e. The van der Waals surface area contributed by atoms with Gasteiger partial charge in [0.25, 0.3) is 10.1 Å². The van der Waals surface area contributed by atoms with Gasteiger partial charge in [-0.05, 0) is 31.0 Å². The molecule has 2 aromatic carbocycles. The van der Waals surface area contributed by atoms with Gasteiger partial charge in [-0.2, -0.15) is 8.42 Å². The van der Waals surface area contributed by atoms with E-state index in [0.717, 1.165) is 12.8 Å². The maximum absolute atomic E-state index is 12.6. The fraction of sp³-hybridized carbons (Fsp3) is 0.478. The van der Waals surface area contributed by atoms with Crippen molar-refractivity contribution in [2.45, 2.75) is 76.0 Å². The quantitative estimate of drug-likeness (QED) is 0.293. The average Bonchev–Trinajstić information content (AvgIpc) is 2.69. The van der Waals surface area contributed by atoms with Gasteiger partial charge in [-0.1, -0.05) is 87.8 Å². The fourth-order valence-electron chi connectivity index (χ4n) is 3.29. The predicted molar refractivity (Wildman–Crippen MR) is 113 cm³/mol. The average molecular weight is 443 g/mol. The van der Waals surface area contributed by atoms with Crippen LogP contribution in [0.5, 0.6) is 17.2 Å². The molecule has 0 spiro atoms. The molecule has 7 heteroatoms. The van der Waals surface area contributed by atoms with Gasteiger partial charge >= 0.3 is 29.6 Å². The summed E-state index contributed by atoms with van der Waals surface area (Å²) in [5, 5.41) is 12.6. The van der Waals surface area contributed by atoms with Crippen LogP contribution >= 0.6 is 0 Å². The maximum atomic E-state index is 12.6. The van der Waals surface area contributed by atoms with E-state index in [2.05, 4.69) is 6.92 Å². The van der Waals surface area contributed by atoms with Gasteiger partial charge in [0.05, 0.1) is 4.90 Å². The Bertz CT molecular complexity index is 868. The minimum atomic E-state index is -4.32. The van der Waals surface area contributed by atoms with E-state index in [-0.39, 0.29) is 51.7 Å². The standard InChI is InChI=1S/C23H32O5S.Na/c1-2-3-4-5-6-7-8-9-10-13-19-14-11-17-22(23(19)24)28-20-15-12-16-21(18-20)29(25,26)27;/h11-12,14-18,24H,2-10,13H2,1H3,(H,25,26,27);/q;+1/p-1. The summed E-state index contributed by atoms with van der Waals surface area (Å²) >= 11 is 0. The first-order valence-corrected chi connectivity index (χ1v) is 11.9. The van der Waals surface area contributed by atoms with Gasteiger partial charge in [-0.25, -0.2) is 0 Å². The smallest absolute Gasteiger partial charge is 0.870 e. The van der Waals surface area contributed by atoms with Crippen molar-refractivity contribution in [3.05, 3.63) is 48.0 Å². The van der Waals surface area contributed by atoms with E-state index in [1.807, 2.05) is 6.07 Å². The molecule has 0 heterocycles. The summed E-state index contributed by atoms with van der Waals surface area (Å²) in [6.45, 7) is 2.22. The molecule has 0 aromatic heterocycles. The van der Waals surface area contributed by atoms with Crippen LogP contribution in [0.2, 0.25) is 0 Å². The van der Waals surface area contributed by atoms with Crippen LogP contribution in [0, 0.1) is 0 Å². The molecule has 0 aliphatic rings. The first kappa shape index (κ1) is 27.0. The molecule has 30 heavy (non-hydrogen) atoms. The summed E-state index contributed by atoms with van der Waals surface area (Å²) in [5.74, 6) is 0.174. The van der Waals surface area contributed by atoms with Crippen LogP contribution in [0.4, 0.5) is 0 Å². The number of ether oxygens (including phenoxy) is 1. The van der Waals surface area contributed by atoms with Gasteiger partial charge in [0.2, 0.25) is 0 Å². The zero-order valence-electron chi connectivity index (χ0n) is 18.1. The van der Waals surface area contributed by atoms with Crippen LogP contribution in [0.15, 0.2) is 47.4 Å². The van der Waals surface area contributed by atoms with Crippen LogP contribution in [0.3, 0.4) is 0 Å². The van der Waals surface area contributed by atoms with Gasteiger partial charge < -0.3 is 9.84 Å². The van der Waals surface area contributed by atoms with Crippen molar-refractivity contribution in [1.82, 2.24) is 0 Å². The van der Waals surface area contributed by atoms with Crippen LogP contribution in [0.25, 0.3) is 0 Å². The Morgan fingerprint density at radius 1 is 0.900 bits per heavy atom. The third kappa shape index (κ3) is 9.40. The van der Waals surface area contributed by atoms with Crippen molar-refractivity contribution >= 4 is 10.1 Å². The van der Waals surface area contributed by atoms with E-state index in [1.165, 1.54) is 63.1 Å². The third-order valence-corrected chi connectivity index (χ3v) is 5.79. The van der Waals surface area contributed by atoms with E-state index < -0.39 is 10.1 Å². The molecule has 0 aliphatic carbocycles. The second-order valence-electron chi connectivity index (χ2n) is 7.37. The zero-order chi connectivity index (χ0) is 21.1. The second-order valence-corrected chi connectivity index (χ2v) is 8.80. The number of para-hydroxylation sites is 1. The van der Waals surface area contributed by atoms with Gasteiger partial charge in [0.1, 0.15) is 11.5 Å². The molecular weight excluding hydrogens is 411 g/mol. The van der Waals surface area contributed by atoms with Crippen molar-refractivity contribution in [2.24, 2.45) is 0 Å². The van der Waals surface area contributed by atoms with E-state index in [4.69, 9.17) is 9.29 Å². The molecule has 0 bridgehead atoms. The summed E-state index contributed by atoms with van der Waals surface area (Å²) in [6, 6.07) is 10.6. The maximum Gasteiger partial charge on any atom is 1.00 e. The predicted octanol–water partition coefficient (Wildman–Crippen LogP) is 2.88. The molecule has 2 aromatic rings. The molecule has 0 saturated heterocycles. The van der Waals surface area contributed by atoms with Crippen LogP contribution in [-0.4, -0.2) is 13.0 Å². The van der Waals surface area contributed by atoms with Crippen molar-refractivity contribution in [2.75, 3.05) is 0 Å². The van der Waals surface area contributed by atoms with E-state index in [1.54, 1.807) is 18.2 Å². The fourth-order valence-corrected chi connectivity index (χ4v) is 3.81. The van der Waals surface area contributed by atoms with Crippen LogP contribution in [-0.2, 0) is 16.5 Å². The molecule has 0 atom stereocenters. The Kier molecular flexibility index (Phi) is 12.7. The molecule has 0 radical (unpaired) electrons.